The molecule has 4 nitrogen and oxygen atoms in total. The van der Waals surface area contributed by atoms with E-state index in [1.54, 1.807) is 7.11 Å². The van der Waals surface area contributed by atoms with Gasteiger partial charge < -0.3 is 9.72 Å². The number of aromatic nitrogens is 2. The molecule has 1 aromatic heterocycles. The minimum atomic E-state index is -0.255. The molecule has 1 unspecified atom stereocenters. The maximum absolute atomic E-state index is 12.1. The second-order valence-electron chi connectivity index (χ2n) is 6.85. The molecular weight excluding hydrogens is 308 g/mol. The minimum absolute atomic E-state index is 0.145. The lowest BCUT2D eigenvalue weighted by Gasteiger charge is -2.29. The van der Waals surface area contributed by atoms with Crippen LogP contribution >= 0.6 is 15.9 Å². The van der Waals surface area contributed by atoms with Gasteiger partial charge in [-0.2, -0.15) is 0 Å². The average molecular weight is 331 g/mol. The summed E-state index contributed by atoms with van der Waals surface area (Å²) in [7, 11) is 1.63. The van der Waals surface area contributed by atoms with Gasteiger partial charge in [-0.1, -0.05) is 41.5 Å². The van der Waals surface area contributed by atoms with Crippen LogP contribution in [0.15, 0.2) is 9.27 Å². The maximum atomic E-state index is 12.1. The van der Waals surface area contributed by atoms with E-state index in [-0.39, 0.29) is 22.5 Å². The first-order chi connectivity index (χ1) is 8.48. The summed E-state index contributed by atoms with van der Waals surface area (Å²) in [6.07, 6.45) is -0.255. The number of nitrogens with zero attached hydrogens (tertiary/aromatic N) is 1. The first-order valence-electron chi connectivity index (χ1n) is 6.31. The standard InChI is InChI=1S/C14H23BrN2O2/c1-13(2,3)9-8(15)12(18)17-11(16-9)10(19-7)14(4,5)6/h10H,1-7H3,(H,16,17,18). The Bertz CT molecular complexity index is 510. The monoisotopic (exact) mass is 330 g/mol. The van der Waals surface area contributed by atoms with Crippen LogP contribution in [0.2, 0.25) is 0 Å². The van der Waals surface area contributed by atoms with Gasteiger partial charge in [0, 0.05) is 12.5 Å². The lowest BCUT2D eigenvalue weighted by atomic mass is 9.87. The van der Waals surface area contributed by atoms with Gasteiger partial charge >= 0.3 is 0 Å². The highest BCUT2D eigenvalue weighted by Crippen LogP contribution is 2.34. The molecule has 5 heteroatoms. The van der Waals surface area contributed by atoms with Crippen molar-refractivity contribution < 1.29 is 4.74 Å². The molecule has 0 fully saturated rings. The highest BCUT2D eigenvalue weighted by atomic mass is 79.9. The number of rotatable bonds is 2. The van der Waals surface area contributed by atoms with Gasteiger partial charge in [-0.25, -0.2) is 4.98 Å². The summed E-state index contributed by atoms with van der Waals surface area (Å²) in [5, 5.41) is 0. The van der Waals surface area contributed by atoms with E-state index < -0.39 is 0 Å². The summed E-state index contributed by atoms with van der Waals surface area (Å²) in [6, 6.07) is 0. The van der Waals surface area contributed by atoms with E-state index in [0.29, 0.717) is 10.3 Å². The van der Waals surface area contributed by atoms with Crippen LogP contribution in [0.4, 0.5) is 0 Å². The zero-order valence-corrected chi connectivity index (χ0v) is 14.3. The van der Waals surface area contributed by atoms with Crippen LogP contribution in [0.1, 0.15) is 59.2 Å². The molecule has 1 N–H and O–H groups in total. The number of methoxy groups -OCH3 is 1. The minimum Gasteiger partial charge on any atom is -0.373 e. The van der Waals surface area contributed by atoms with E-state index in [1.807, 2.05) is 20.8 Å². The third kappa shape index (κ3) is 3.66. The Morgan fingerprint density at radius 3 is 2.11 bits per heavy atom. The molecule has 1 rings (SSSR count). The second-order valence-corrected chi connectivity index (χ2v) is 7.64. The smallest absolute Gasteiger partial charge is 0.265 e. The van der Waals surface area contributed by atoms with Gasteiger partial charge in [0.05, 0.1) is 5.69 Å². The lowest BCUT2D eigenvalue weighted by Crippen LogP contribution is -2.29. The van der Waals surface area contributed by atoms with Crippen molar-refractivity contribution in [1.82, 2.24) is 9.97 Å². The number of halogens is 1. The molecule has 0 saturated heterocycles. The van der Waals surface area contributed by atoms with Gasteiger partial charge in [0.15, 0.2) is 0 Å². The van der Waals surface area contributed by atoms with Gasteiger partial charge in [-0.15, -0.1) is 0 Å². The zero-order valence-electron chi connectivity index (χ0n) is 12.7. The average Bonchev–Trinajstić information content (AvgIpc) is 2.20. The van der Waals surface area contributed by atoms with Crippen molar-refractivity contribution >= 4 is 15.9 Å². The zero-order chi connectivity index (χ0) is 15.0. The first kappa shape index (κ1) is 16.4. The normalized spacial score (nSPS) is 14.5. The van der Waals surface area contributed by atoms with E-state index in [2.05, 4.69) is 46.7 Å². The quantitative estimate of drug-likeness (QED) is 0.901. The fourth-order valence-corrected chi connectivity index (χ4v) is 2.76. The summed E-state index contributed by atoms with van der Waals surface area (Å²) in [6.45, 7) is 12.3. The topological polar surface area (TPSA) is 55.0 Å². The van der Waals surface area contributed by atoms with E-state index in [9.17, 15) is 4.79 Å². The molecule has 0 radical (unpaired) electrons. The lowest BCUT2D eigenvalue weighted by molar-refractivity contribution is 0.00816. The molecule has 0 saturated carbocycles. The predicted octanol–water partition coefficient (Wildman–Crippen LogP) is 3.56. The Hall–Kier alpha value is -0.680. The predicted molar refractivity (Wildman–Crippen MR) is 80.5 cm³/mol. The summed E-state index contributed by atoms with van der Waals surface area (Å²) in [4.78, 5) is 19.5. The van der Waals surface area contributed by atoms with Gasteiger partial charge in [0.25, 0.3) is 5.56 Å². The molecule has 0 aliphatic carbocycles. The Balaban J connectivity index is 3.48. The SMILES string of the molecule is COC(c1nc(C(C)(C)C)c(Br)c(=O)[nH]1)C(C)(C)C. The van der Waals surface area contributed by atoms with Crippen molar-refractivity contribution in [3.63, 3.8) is 0 Å². The van der Waals surface area contributed by atoms with E-state index >= 15 is 0 Å². The Labute approximate surface area is 123 Å². The molecule has 108 valence electrons. The third-order valence-electron chi connectivity index (χ3n) is 2.86. The number of H-pyrrole nitrogens is 1. The van der Waals surface area contributed by atoms with Gasteiger partial charge in [-0.05, 0) is 21.3 Å². The Morgan fingerprint density at radius 1 is 1.21 bits per heavy atom. The van der Waals surface area contributed by atoms with Crippen LogP contribution in [-0.4, -0.2) is 17.1 Å². The van der Waals surface area contributed by atoms with Gasteiger partial charge in [0.2, 0.25) is 0 Å². The fourth-order valence-electron chi connectivity index (χ4n) is 1.97. The van der Waals surface area contributed by atoms with Crippen LogP contribution in [0.5, 0.6) is 0 Å². The molecule has 19 heavy (non-hydrogen) atoms. The molecule has 0 amide bonds. The Morgan fingerprint density at radius 2 is 1.74 bits per heavy atom. The number of hydrogen-bond donors (Lipinski definition) is 1. The molecule has 0 spiro atoms. The number of nitrogens with one attached hydrogen (secondary N) is 1. The first-order valence-corrected chi connectivity index (χ1v) is 7.10. The van der Waals surface area contributed by atoms with Gasteiger partial charge in [0.1, 0.15) is 16.4 Å². The molecule has 1 atom stereocenters. The van der Waals surface area contributed by atoms with Crippen LogP contribution in [-0.2, 0) is 10.2 Å². The van der Waals surface area contributed by atoms with Crippen LogP contribution in [0.3, 0.4) is 0 Å². The maximum Gasteiger partial charge on any atom is 0.265 e. The molecule has 0 aliphatic heterocycles. The fraction of sp³-hybridized carbons (Fsp3) is 0.714. The second kappa shape index (κ2) is 5.37. The van der Waals surface area contributed by atoms with Crippen molar-refractivity contribution in [3.05, 3.63) is 26.3 Å². The van der Waals surface area contributed by atoms with Crippen LogP contribution in [0.25, 0.3) is 0 Å². The summed E-state index contributed by atoms with van der Waals surface area (Å²) >= 11 is 3.32. The Kier molecular flexibility index (Phi) is 4.62. The molecule has 0 aromatic carbocycles. The summed E-state index contributed by atoms with van der Waals surface area (Å²) in [5.74, 6) is 0.577. The molecular formula is C14H23BrN2O2. The summed E-state index contributed by atoms with van der Waals surface area (Å²) < 4.78 is 6.01. The van der Waals surface area contributed by atoms with E-state index in [4.69, 9.17) is 4.74 Å². The highest BCUT2D eigenvalue weighted by molar-refractivity contribution is 9.10. The van der Waals surface area contributed by atoms with Gasteiger partial charge in [-0.3, -0.25) is 4.79 Å². The number of aromatic amines is 1. The van der Waals surface area contributed by atoms with Crippen molar-refractivity contribution in [1.29, 1.82) is 0 Å². The summed E-state index contributed by atoms with van der Waals surface area (Å²) in [5.41, 5.74) is 0.227. The van der Waals surface area contributed by atoms with Crippen LogP contribution < -0.4 is 5.56 Å². The van der Waals surface area contributed by atoms with Crippen LogP contribution in [0, 0.1) is 5.41 Å². The largest absolute Gasteiger partial charge is 0.373 e. The van der Waals surface area contributed by atoms with Crippen molar-refractivity contribution in [2.75, 3.05) is 7.11 Å². The number of hydrogen-bond acceptors (Lipinski definition) is 3. The third-order valence-corrected chi connectivity index (χ3v) is 3.60. The van der Waals surface area contributed by atoms with E-state index in [0.717, 1.165) is 5.69 Å². The van der Waals surface area contributed by atoms with Crippen molar-refractivity contribution in [2.45, 2.75) is 53.1 Å². The van der Waals surface area contributed by atoms with Crippen molar-refractivity contribution in [2.24, 2.45) is 5.41 Å². The molecule has 1 aromatic rings. The number of ether oxygens (including phenoxy) is 1. The highest BCUT2D eigenvalue weighted by Gasteiger charge is 2.31. The molecule has 0 bridgehead atoms. The van der Waals surface area contributed by atoms with Crippen molar-refractivity contribution in [3.8, 4) is 0 Å². The molecule has 0 aliphatic rings. The molecule has 1 heterocycles. The van der Waals surface area contributed by atoms with E-state index in [1.165, 1.54) is 0 Å².